The maximum atomic E-state index is 13.5. The van der Waals surface area contributed by atoms with Gasteiger partial charge in [0.15, 0.2) is 11.5 Å². The molecule has 0 aliphatic carbocycles. The third kappa shape index (κ3) is 4.64. The fourth-order valence-corrected chi connectivity index (χ4v) is 3.04. The summed E-state index contributed by atoms with van der Waals surface area (Å²) in [6, 6.07) is 11.9. The van der Waals surface area contributed by atoms with E-state index in [-0.39, 0.29) is 11.7 Å². The predicted octanol–water partition coefficient (Wildman–Crippen LogP) is 3.51. The van der Waals surface area contributed by atoms with Gasteiger partial charge in [-0.1, -0.05) is 24.3 Å². The second kappa shape index (κ2) is 9.17. The van der Waals surface area contributed by atoms with Crippen LogP contribution in [0.5, 0.6) is 11.5 Å². The van der Waals surface area contributed by atoms with Crippen LogP contribution in [0.1, 0.15) is 15.9 Å². The van der Waals surface area contributed by atoms with Crippen LogP contribution in [0.4, 0.5) is 4.39 Å². The average Bonchev–Trinajstić information content (AvgIpc) is 2.61. The van der Waals surface area contributed by atoms with Crippen LogP contribution >= 0.6 is 11.8 Å². The number of ether oxygens (including phenoxy) is 2. The normalized spacial score (nSPS) is 10.3. The summed E-state index contributed by atoms with van der Waals surface area (Å²) in [6.45, 7) is 0.484. The third-order valence-electron chi connectivity index (χ3n) is 3.39. The van der Waals surface area contributed by atoms with Crippen LogP contribution in [-0.4, -0.2) is 32.4 Å². The number of hydrogen-bond donors (Lipinski definition) is 1. The quantitative estimate of drug-likeness (QED) is 0.741. The molecule has 0 unspecified atom stereocenters. The zero-order valence-corrected chi connectivity index (χ0v) is 14.5. The fraction of sp³-hybridized carbons (Fsp3) is 0.278. The van der Waals surface area contributed by atoms with Gasteiger partial charge >= 0.3 is 0 Å². The Bertz CT molecular complexity index is 694. The molecule has 128 valence electrons. The number of carbonyl (C=O) groups is 1. The van der Waals surface area contributed by atoms with Gasteiger partial charge in [0, 0.05) is 18.1 Å². The molecular formula is C18H20FNO3S. The van der Waals surface area contributed by atoms with Crippen molar-refractivity contribution in [2.75, 3.05) is 26.5 Å². The van der Waals surface area contributed by atoms with Gasteiger partial charge in [0.2, 0.25) is 0 Å². The van der Waals surface area contributed by atoms with E-state index in [1.165, 1.54) is 20.3 Å². The van der Waals surface area contributed by atoms with E-state index in [9.17, 15) is 9.18 Å². The molecule has 6 heteroatoms. The lowest BCUT2D eigenvalue weighted by molar-refractivity contribution is 0.0952. The summed E-state index contributed by atoms with van der Waals surface area (Å²) in [7, 11) is 3.03. The van der Waals surface area contributed by atoms with Gasteiger partial charge in [-0.2, -0.15) is 11.8 Å². The maximum absolute atomic E-state index is 13.5. The molecule has 0 aliphatic rings. The molecule has 0 radical (unpaired) electrons. The molecule has 0 atom stereocenters. The lowest BCUT2D eigenvalue weighted by Crippen LogP contribution is -2.26. The van der Waals surface area contributed by atoms with Gasteiger partial charge in [-0.25, -0.2) is 4.39 Å². The van der Waals surface area contributed by atoms with Gasteiger partial charge in [-0.15, -0.1) is 0 Å². The minimum Gasteiger partial charge on any atom is -0.493 e. The van der Waals surface area contributed by atoms with Gasteiger partial charge in [0.1, 0.15) is 5.82 Å². The molecule has 2 aromatic carbocycles. The highest BCUT2D eigenvalue weighted by atomic mass is 32.2. The van der Waals surface area contributed by atoms with Crippen molar-refractivity contribution >= 4 is 17.7 Å². The molecule has 0 saturated heterocycles. The summed E-state index contributed by atoms with van der Waals surface area (Å²) in [5, 5.41) is 2.84. The summed E-state index contributed by atoms with van der Waals surface area (Å²) >= 11 is 1.56. The molecule has 0 saturated carbocycles. The lowest BCUT2D eigenvalue weighted by Gasteiger charge is -2.12. The SMILES string of the molecule is COc1cccc(C(=O)NCCSCc2ccccc2F)c1OC. The highest BCUT2D eigenvalue weighted by Gasteiger charge is 2.15. The zero-order chi connectivity index (χ0) is 17.4. The minimum atomic E-state index is -0.225. The Kier molecular flexibility index (Phi) is 6.93. The van der Waals surface area contributed by atoms with Crippen LogP contribution in [-0.2, 0) is 5.75 Å². The van der Waals surface area contributed by atoms with Gasteiger partial charge < -0.3 is 14.8 Å². The van der Waals surface area contributed by atoms with E-state index in [1.54, 1.807) is 42.1 Å². The Morgan fingerprint density at radius 1 is 1.12 bits per heavy atom. The van der Waals surface area contributed by atoms with Gasteiger partial charge in [-0.3, -0.25) is 4.79 Å². The van der Waals surface area contributed by atoms with E-state index in [0.29, 0.717) is 40.7 Å². The molecule has 0 fully saturated rings. The van der Waals surface area contributed by atoms with Gasteiger partial charge in [-0.05, 0) is 23.8 Å². The fourth-order valence-electron chi connectivity index (χ4n) is 2.20. The van der Waals surface area contributed by atoms with Crippen molar-refractivity contribution in [2.24, 2.45) is 0 Å². The molecular weight excluding hydrogens is 329 g/mol. The molecule has 1 N–H and O–H groups in total. The smallest absolute Gasteiger partial charge is 0.255 e. The number of methoxy groups -OCH3 is 2. The molecule has 0 aromatic heterocycles. The number of carbonyl (C=O) groups excluding carboxylic acids is 1. The van der Waals surface area contributed by atoms with Crippen LogP contribution in [0.2, 0.25) is 0 Å². The van der Waals surface area contributed by atoms with Crippen molar-refractivity contribution in [2.45, 2.75) is 5.75 Å². The molecule has 4 nitrogen and oxygen atoms in total. The average molecular weight is 349 g/mol. The highest BCUT2D eigenvalue weighted by Crippen LogP contribution is 2.30. The van der Waals surface area contributed by atoms with Crippen LogP contribution < -0.4 is 14.8 Å². The summed E-state index contributed by atoms with van der Waals surface area (Å²) < 4.78 is 23.9. The molecule has 2 rings (SSSR count). The summed E-state index contributed by atoms with van der Waals surface area (Å²) in [6.07, 6.45) is 0. The first kappa shape index (κ1) is 18.1. The van der Waals surface area contributed by atoms with E-state index < -0.39 is 0 Å². The minimum absolute atomic E-state index is 0.199. The van der Waals surface area contributed by atoms with Crippen molar-refractivity contribution in [3.63, 3.8) is 0 Å². The van der Waals surface area contributed by atoms with Gasteiger partial charge in [0.25, 0.3) is 5.91 Å². The Labute approximate surface area is 145 Å². The monoisotopic (exact) mass is 349 g/mol. The molecule has 0 aliphatic heterocycles. The number of amides is 1. The van der Waals surface area contributed by atoms with Crippen molar-refractivity contribution in [3.8, 4) is 11.5 Å². The van der Waals surface area contributed by atoms with Crippen LogP contribution in [0, 0.1) is 5.82 Å². The maximum Gasteiger partial charge on any atom is 0.255 e. The zero-order valence-electron chi connectivity index (χ0n) is 13.7. The van der Waals surface area contributed by atoms with Crippen LogP contribution in [0.25, 0.3) is 0 Å². The second-order valence-electron chi connectivity index (χ2n) is 4.94. The number of nitrogens with one attached hydrogen (secondary N) is 1. The Balaban J connectivity index is 1.83. The van der Waals surface area contributed by atoms with Crippen molar-refractivity contribution in [3.05, 3.63) is 59.4 Å². The highest BCUT2D eigenvalue weighted by molar-refractivity contribution is 7.98. The largest absolute Gasteiger partial charge is 0.493 e. The summed E-state index contributed by atoms with van der Waals surface area (Å²) in [5.74, 6) is 1.76. The van der Waals surface area contributed by atoms with E-state index >= 15 is 0 Å². The number of halogens is 1. The number of thioether (sulfide) groups is 1. The van der Waals surface area contributed by atoms with Crippen molar-refractivity contribution in [1.29, 1.82) is 0 Å². The molecule has 0 bridgehead atoms. The molecule has 24 heavy (non-hydrogen) atoms. The predicted molar refractivity (Wildman–Crippen MR) is 94.4 cm³/mol. The van der Waals surface area contributed by atoms with E-state index in [4.69, 9.17) is 9.47 Å². The molecule has 2 aromatic rings. The first-order valence-electron chi connectivity index (χ1n) is 7.47. The van der Waals surface area contributed by atoms with Crippen molar-refractivity contribution < 1.29 is 18.7 Å². The number of benzene rings is 2. The Morgan fingerprint density at radius 2 is 1.92 bits per heavy atom. The number of rotatable bonds is 8. The third-order valence-corrected chi connectivity index (χ3v) is 4.40. The Hall–Kier alpha value is -2.21. The molecule has 0 heterocycles. The topological polar surface area (TPSA) is 47.6 Å². The van der Waals surface area contributed by atoms with Gasteiger partial charge in [0.05, 0.1) is 19.8 Å². The first-order valence-corrected chi connectivity index (χ1v) is 8.63. The van der Waals surface area contributed by atoms with E-state index in [0.717, 1.165) is 0 Å². The Morgan fingerprint density at radius 3 is 2.62 bits per heavy atom. The first-order chi connectivity index (χ1) is 11.7. The lowest BCUT2D eigenvalue weighted by atomic mass is 10.1. The molecule has 0 spiro atoms. The van der Waals surface area contributed by atoms with E-state index in [1.807, 2.05) is 6.07 Å². The van der Waals surface area contributed by atoms with Crippen LogP contribution in [0.3, 0.4) is 0 Å². The number of para-hydroxylation sites is 1. The van der Waals surface area contributed by atoms with Crippen molar-refractivity contribution in [1.82, 2.24) is 5.32 Å². The molecule has 1 amide bonds. The second-order valence-corrected chi connectivity index (χ2v) is 6.05. The van der Waals surface area contributed by atoms with Crippen LogP contribution in [0.15, 0.2) is 42.5 Å². The standard InChI is InChI=1S/C18H20FNO3S/c1-22-16-9-5-7-14(17(16)23-2)18(21)20-10-11-24-12-13-6-3-4-8-15(13)19/h3-9H,10-12H2,1-2H3,(H,20,21). The van der Waals surface area contributed by atoms with E-state index in [2.05, 4.69) is 5.32 Å². The number of hydrogen-bond acceptors (Lipinski definition) is 4. The summed E-state index contributed by atoms with van der Waals surface area (Å²) in [4.78, 5) is 12.3. The summed E-state index contributed by atoms with van der Waals surface area (Å²) in [5.41, 5.74) is 1.10.